The second-order valence-electron chi connectivity index (χ2n) is 18.8. The van der Waals surface area contributed by atoms with Crippen LogP contribution in [0.25, 0.3) is 0 Å². The van der Waals surface area contributed by atoms with Gasteiger partial charge in [-0.3, -0.25) is 4.90 Å². The Hall–Kier alpha value is -2.08. The van der Waals surface area contributed by atoms with Crippen LogP contribution in [0.3, 0.4) is 0 Å². The van der Waals surface area contributed by atoms with Crippen LogP contribution in [0.1, 0.15) is 173 Å². The summed E-state index contributed by atoms with van der Waals surface area (Å²) in [6.07, 6.45) is 31.9. The van der Waals surface area contributed by atoms with Crippen molar-refractivity contribution in [1.29, 1.82) is 0 Å². The van der Waals surface area contributed by atoms with Gasteiger partial charge in [-0.05, 0) is 86.3 Å². The summed E-state index contributed by atoms with van der Waals surface area (Å²) in [6.45, 7) is 11.8. The van der Waals surface area contributed by atoms with E-state index in [9.17, 15) is 10.2 Å². The summed E-state index contributed by atoms with van der Waals surface area (Å²) < 4.78 is 27.0. The van der Waals surface area contributed by atoms with Gasteiger partial charge in [-0.1, -0.05) is 121 Å². The number of hydrogen-bond acceptors (Lipinski definition) is 10. The summed E-state index contributed by atoms with van der Waals surface area (Å²) in [7, 11) is 0. The monoisotopic (exact) mass is 881 g/mol. The van der Waals surface area contributed by atoms with Crippen molar-refractivity contribution in [3.63, 3.8) is 0 Å². The number of hydrogen-bond donors (Lipinski definition) is 2. The van der Waals surface area contributed by atoms with Crippen molar-refractivity contribution in [3.05, 3.63) is 48.1 Å². The number of oxime groups is 1. The molecule has 0 bridgehead atoms. The van der Waals surface area contributed by atoms with E-state index in [2.05, 4.69) is 42.7 Å². The van der Waals surface area contributed by atoms with Crippen LogP contribution >= 0.6 is 11.8 Å². The highest BCUT2D eigenvalue weighted by molar-refractivity contribution is 8.00. The molecule has 1 saturated carbocycles. The molecule has 2 saturated heterocycles. The van der Waals surface area contributed by atoms with Crippen LogP contribution in [0.15, 0.2) is 47.7 Å². The lowest BCUT2D eigenvalue weighted by Crippen LogP contribution is -2.64. The molecule has 7 atom stereocenters. The Morgan fingerprint density at radius 1 is 0.887 bits per heavy atom. The molecule has 62 heavy (non-hydrogen) atoms. The maximum absolute atomic E-state index is 9.97. The molecule has 9 nitrogen and oxygen atoms in total. The highest BCUT2D eigenvalue weighted by atomic mass is 32.2. The average Bonchev–Trinajstić information content (AvgIpc) is 4.13. The zero-order chi connectivity index (χ0) is 43.2. The maximum atomic E-state index is 9.97. The molecule has 0 radical (unpaired) electrons. The first kappa shape index (κ1) is 49.4. The van der Waals surface area contributed by atoms with E-state index in [0.717, 1.165) is 107 Å². The van der Waals surface area contributed by atoms with Crippen LogP contribution in [0.2, 0.25) is 0 Å². The first-order valence-corrected chi connectivity index (χ1v) is 26.5. The van der Waals surface area contributed by atoms with Crippen LogP contribution < -0.4 is 9.47 Å². The third-order valence-corrected chi connectivity index (χ3v) is 15.5. The van der Waals surface area contributed by atoms with Crippen molar-refractivity contribution in [2.24, 2.45) is 22.9 Å². The molecular weight excluding hydrogens is 797 g/mol. The maximum Gasteiger partial charge on any atom is 0.230 e. The lowest BCUT2D eigenvalue weighted by Gasteiger charge is -2.58. The molecule has 3 aliphatic heterocycles. The van der Waals surface area contributed by atoms with Gasteiger partial charge in [0.1, 0.15) is 18.1 Å². The summed E-state index contributed by atoms with van der Waals surface area (Å²) in [5.74, 6) is 2.31. The van der Waals surface area contributed by atoms with E-state index in [4.69, 9.17) is 28.9 Å². The predicted octanol–water partition coefficient (Wildman–Crippen LogP) is 11.8. The van der Waals surface area contributed by atoms with Crippen molar-refractivity contribution in [1.82, 2.24) is 4.90 Å². The Morgan fingerprint density at radius 3 is 2.26 bits per heavy atom. The number of fused-ring (bicyclic) bond motifs is 2. The van der Waals surface area contributed by atoms with E-state index in [1.807, 2.05) is 17.8 Å². The molecule has 1 aromatic rings. The van der Waals surface area contributed by atoms with Crippen molar-refractivity contribution < 1.29 is 34.0 Å². The standard InChI is InChI=1S/C52H84N2O7S/c1-3-5-6-7-8-9-10-11-12-13-14-15-16-23-37-62-48-40-46(53-61-49-26-19-22-35-58-49)44-38-41(24-17-20-32-55)43(25-18-21-33-56)50-45-39-42(57-36-31-54-29-30-54)27-28-47(45)60-52(48,51(44)50)59-34-4-2/h4,27-28,38-39,41,43,48-51,55-56H,2-3,5-26,29-37,40H2,1H3/t41-,43+,48-,49?,50+,51+,52+/m0/s1. The molecule has 3 fully saturated rings. The zero-order valence-corrected chi connectivity index (χ0v) is 39.4. The van der Waals surface area contributed by atoms with E-state index >= 15 is 0 Å². The topological polar surface area (TPSA) is 102 Å². The minimum atomic E-state index is -0.939. The van der Waals surface area contributed by atoms with Crippen LogP contribution in [0.5, 0.6) is 11.5 Å². The van der Waals surface area contributed by atoms with E-state index in [-0.39, 0.29) is 48.4 Å². The van der Waals surface area contributed by atoms with Gasteiger partial charge in [-0.15, -0.1) is 6.58 Å². The van der Waals surface area contributed by atoms with E-state index < -0.39 is 5.79 Å². The Morgan fingerprint density at radius 2 is 1.60 bits per heavy atom. The molecule has 3 heterocycles. The lowest BCUT2D eigenvalue weighted by atomic mass is 9.56. The van der Waals surface area contributed by atoms with Gasteiger partial charge in [-0.2, -0.15) is 11.8 Å². The summed E-state index contributed by atoms with van der Waals surface area (Å²) in [5, 5.41) is 24.9. The fraction of sp³-hybridized carbons (Fsp3) is 0.788. The highest BCUT2D eigenvalue weighted by Gasteiger charge is 2.64. The fourth-order valence-corrected chi connectivity index (χ4v) is 12.0. The SMILES string of the molecule is C=CCO[C@@]12Oc3ccc(OCCN4CC4)cc3[C@H]3[C@H](CCCCO)[C@@H](CCCCO)C=C(C(=NOC4CCCCO4)C[C@@H]1SCCCCCCCCCCCCCCCC)[C@H]32. The number of aliphatic hydroxyl groups excluding tert-OH is 2. The second-order valence-corrected chi connectivity index (χ2v) is 20.1. The summed E-state index contributed by atoms with van der Waals surface area (Å²) in [5.41, 5.74) is 3.34. The molecular formula is C52H84N2O7S. The molecule has 350 valence electrons. The number of nitrogens with zero attached hydrogens (tertiary/aromatic N) is 2. The van der Waals surface area contributed by atoms with E-state index in [1.54, 1.807) is 0 Å². The fourth-order valence-electron chi connectivity index (χ4n) is 10.6. The number of unbranched alkanes of at least 4 members (excludes halogenated alkanes) is 15. The molecule has 0 amide bonds. The molecule has 1 unspecified atom stereocenters. The summed E-state index contributed by atoms with van der Waals surface area (Å²) >= 11 is 1.99. The van der Waals surface area contributed by atoms with Gasteiger partial charge < -0.3 is 34.0 Å². The quantitative estimate of drug-likeness (QED) is 0.0309. The Balaban J connectivity index is 1.24. The molecule has 5 aliphatic rings. The van der Waals surface area contributed by atoms with Crippen molar-refractivity contribution in [3.8, 4) is 11.5 Å². The molecule has 1 aromatic carbocycles. The van der Waals surface area contributed by atoms with Crippen molar-refractivity contribution in [2.75, 3.05) is 58.4 Å². The van der Waals surface area contributed by atoms with Crippen LogP contribution in [-0.4, -0.2) is 96.6 Å². The summed E-state index contributed by atoms with van der Waals surface area (Å²) in [4.78, 5) is 8.71. The minimum absolute atomic E-state index is 0.0237. The molecule has 0 spiro atoms. The second kappa shape index (κ2) is 27.4. The van der Waals surface area contributed by atoms with Gasteiger partial charge in [0.2, 0.25) is 12.1 Å². The smallest absolute Gasteiger partial charge is 0.230 e. The first-order valence-electron chi connectivity index (χ1n) is 25.4. The summed E-state index contributed by atoms with van der Waals surface area (Å²) in [6, 6.07) is 6.45. The third kappa shape index (κ3) is 14.5. The highest BCUT2D eigenvalue weighted by Crippen LogP contribution is 2.62. The Labute approximate surface area is 380 Å². The van der Waals surface area contributed by atoms with E-state index in [0.29, 0.717) is 26.2 Å². The van der Waals surface area contributed by atoms with Crippen LogP contribution in [-0.2, 0) is 14.3 Å². The van der Waals surface area contributed by atoms with Gasteiger partial charge in [0.05, 0.1) is 30.1 Å². The van der Waals surface area contributed by atoms with Gasteiger partial charge in [0.15, 0.2) is 0 Å². The zero-order valence-electron chi connectivity index (χ0n) is 38.6. The van der Waals surface area contributed by atoms with Gasteiger partial charge in [-0.25, -0.2) is 0 Å². The normalized spacial score (nSPS) is 27.3. The number of thioether (sulfide) groups is 1. The largest absolute Gasteiger partial charge is 0.492 e. The molecule has 0 aromatic heterocycles. The number of allylic oxidation sites excluding steroid dienone is 1. The number of rotatable bonds is 33. The predicted molar refractivity (Wildman–Crippen MR) is 254 cm³/mol. The number of aliphatic hydroxyl groups is 2. The Bertz CT molecular complexity index is 1500. The minimum Gasteiger partial charge on any atom is -0.492 e. The van der Waals surface area contributed by atoms with Crippen LogP contribution in [0.4, 0.5) is 0 Å². The number of benzene rings is 1. The van der Waals surface area contributed by atoms with Crippen LogP contribution in [0, 0.1) is 17.8 Å². The van der Waals surface area contributed by atoms with Crippen molar-refractivity contribution >= 4 is 17.5 Å². The molecule has 2 N–H and O–H groups in total. The van der Waals surface area contributed by atoms with Gasteiger partial charge in [0.25, 0.3) is 0 Å². The number of ether oxygens (including phenoxy) is 4. The lowest BCUT2D eigenvalue weighted by molar-refractivity contribution is -0.223. The first-order chi connectivity index (χ1) is 30.6. The third-order valence-electron chi connectivity index (χ3n) is 14.1. The molecule has 10 heteroatoms. The molecule has 6 rings (SSSR count). The average molecular weight is 881 g/mol. The Kier molecular flexibility index (Phi) is 21.8. The van der Waals surface area contributed by atoms with Gasteiger partial charge >= 0.3 is 0 Å². The van der Waals surface area contributed by atoms with Gasteiger partial charge in [0, 0.05) is 57.2 Å². The van der Waals surface area contributed by atoms with Crippen molar-refractivity contribution in [2.45, 2.75) is 184 Å². The van der Waals surface area contributed by atoms with E-state index in [1.165, 1.54) is 94.6 Å². The molecule has 2 aliphatic carbocycles.